The SMILES string of the molecule is COc1c(N2C[C@H](OC(F)(F)F)CC2C#N)ccc(F)c1F. The van der Waals surface area contributed by atoms with Gasteiger partial charge in [0.25, 0.3) is 0 Å². The molecule has 4 nitrogen and oxygen atoms in total. The number of halogens is 5. The summed E-state index contributed by atoms with van der Waals surface area (Å²) < 4.78 is 72.4. The van der Waals surface area contributed by atoms with Crippen molar-refractivity contribution in [3.8, 4) is 11.8 Å². The number of benzene rings is 1. The monoisotopic (exact) mass is 322 g/mol. The molecular weight excluding hydrogens is 311 g/mol. The molecule has 1 aliphatic rings. The molecule has 9 heteroatoms. The lowest BCUT2D eigenvalue weighted by molar-refractivity contribution is -0.339. The van der Waals surface area contributed by atoms with Crippen molar-refractivity contribution in [2.75, 3.05) is 18.6 Å². The number of anilines is 1. The molecular formula is C13H11F5N2O2. The smallest absolute Gasteiger partial charge is 0.491 e. The van der Waals surface area contributed by atoms with E-state index in [2.05, 4.69) is 4.74 Å². The summed E-state index contributed by atoms with van der Waals surface area (Å²) in [5.41, 5.74) is 0.00113. The third-order valence-electron chi connectivity index (χ3n) is 3.25. The predicted molar refractivity (Wildman–Crippen MR) is 65.2 cm³/mol. The average Bonchev–Trinajstić information content (AvgIpc) is 2.82. The molecule has 1 aromatic rings. The number of rotatable bonds is 3. The second-order valence-corrected chi connectivity index (χ2v) is 4.63. The average molecular weight is 322 g/mol. The van der Waals surface area contributed by atoms with Gasteiger partial charge >= 0.3 is 6.36 Å². The second kappa shape index (κ2) is 5.96. The number of ether oxygens (including phenoxy) is 2. The summed E-state index contributed by atoms with van der Waals surface area (Å²) in [6.07, 6.45) is -6.32. The number of hydrogen-bond donors (Lipinski definition) is 0. The third-order valence-corrected chi connectivity index (χ3v) is 3.25. The summed E-state index contributed by atoms with van der Waals surface area (Å²) in [4.78, 5) is 1.21. The van der Waals surface area contributed by atoms with Crippen LogP contribution in [0.15, 0.2) is 12.1 Å². The summed E-state index contributed by atoms with van der Waals surface area (Å²) in [6.45, 7) is -0.292. The first-order valence-electron chi connectivity index (χ1n) is 6.19. The van der Waals surface area contributed by atoms with Crippen LogP contribution in [-0.2, 0) is 4.74 Å². The predicted octanol–water partition coefficient (Wildman–Crippen LogP) is 2.98. The van der Waals surface area contributed by atoms with E-state index in [-0.39, 0.29) is 18.7 Å². The minimum absolute atomic E-state index is 0.00113. The highest BCUT2D eigenvalue weighted by molar-refractivity contribution is 5.61. The number of nitrogens with zero attached hydrogens (tertiary/aromatic N) is 2. The Kier molecular flexibility index (Phi) is 4.42. The summed E-state index contributed by atoms with van der Waals surface area (Å²) in [5.74, 6) is -2.89. The lowest BCUT2D eigenvalue weighted by Gasteiger charge is -2.24. The number of hydrogen-bond acceptors (Lipinski definition) is 4. The molecule has 120 valence electrons. The van der Waals surface area contributed by atoms with Crippen LogP contribution in [0.1, 0.15) is 6.42 Å². The Morgan fingerprint density at radius 1 is 1.32 bits per heavy atom. The minimum Gasteiger partial charge on any atom is -0.491 e. The normalized spacial score (nSPS) is 21.8. The van der Waals surface area contributed by atoms with Crippen LogP contribution in [0.25, 0.3) is 0 Å². The fourth-order valence-corrected chi connectivity index (χ4v) is 2.40. The van der Waals surface area contributed by atoms with Crippen LogP contribution in [0.5, 0.6) is 5.75 Å². The van der Waals surface area contributed by atoms with Gasteiger partial charge in [0, 0.05) is 13.0 Å². The van der Waals surface area contributed by atoms with E-state index in [0.717, 1.165) is 19.2 Å². The van der Waals surface area contributed by atoms with Crippen molar-refractivity contribution in [1.29, 1.82) is 5.26 Å². The zero-order valence-corrected chi connectivity index (χ0v) is 11.3. The van der Waals surface area contributed by atoms with Gasteiger partial charge in [-0.2, -0.15) is 9.65 Å². The van der Waals surface area contributed by atoms with Crippen LogP contribution in [0, 0.1) is 23.0 Å². The van der Waals surface area contributed by atoms with Crippen molar-refractivity contribution < 1.29 is 31.4 Å². The molecule has 0 radical (unpaired) electrons. The molecule has 0 spiro atoms. The molecule has 1 saturated heterocycles. The van der Waals surface area contributed by atoms with Gasteiger partial charge in [-0.3, -0.25) is 4.74 Å². The topological polar surface area (TPSA) is 45.5 Å². The van der Waals surface area contributed by atoms with Gasteiger partial charge in [-0.15, -0.1) is 13.2 Å². The van der Waals surface area contributed by atoms with Crippen molar-refractivity contribution in [3.63, 3.8) is 0 Å². The van der Waals surface area contributed by atoms with E-state index < -0.39 is 35.9 Å². The zero-order chi connectivity index (χ0) is 16.5. The van der Waals surface area contributed by atoms with Gasteiger partial charge in [-0.1, -0.05) is 0 Å². The summed E-state index contributed by atoms with van der Waals surface area (Å²) >= 11 is 0. The number of nitriles is 1. The molecule has 1 unspecified atom stereocenters. The maximum Gasteiger partial charge on any atom is 0.522 e. The first-order chi connectivity index (χ1) is 10.3. The Balaban J connectivity index is 2.32. The number of methoxy groups -OCH3 is 1. The lowest BCUT2D eigenvalue weighted by atomic mass is 10.2. The van der Waals surface area contributed by atoms with Gasteiger partial charge in [0.15, 0.2) is 11.6 Å². The van der Waals surface area contributed by atoms with E-state index in [1.807, 2.05) is 6.07 Å². The largest absolute Gasteiger partial charge is 0.522 e. The van der Waals surface area contributed by atoms with Gasteiger partial charge in [-0.05, 0) is 12.1 Å². The van der Waals surface area contributed by atoms with Crippen LogP contribution in [0.4, 0.5) is 27.6 Å². The Labute approximate surface area is 122 Å². The quantitative estimate of drug-likeness (QED) is 0.803. The molecule has 1 heterocycles. The molecule has 1 aromatic carbocycles. The van der Waals surface area contributed by atoms with Gasteiger partial charge in [0.2, 0.25) is 5.82 Å². The summed E-state index contributed by atoms with van der Waals surface area (Å²) in [6, 6.07) is 2.82. The summed E-state index contributed by atoms with van der Waals surface area (Å²) in [7, 11) is 1.10. The lowest BCUT2D eigenvalue weighted by Crippen LogP contribution is -2.30. The Morgan fingerprint density at radius 3 is 2.55 bits per heavy atom. The van der Waals surface area contributed by atoms with Crippen molar-refractivity contribution in [2.24, 2.45) is 0 Å². The molecule has 1 aliphatic heterocycles. The maximum absolute atomic E-state index is 13.7. The fourth-order valence-electron chi connectivity index (χ4n) is 2.40. The van der Waals surface area contributed by atoms with Crippen molar-refractivity contribution in [2.45, 2.75) is 24.9 Å². The van der Waals surface area contributed by atoms with Gasteiger partial charge < -0.3 is 9.64 Å². The molecule has 0 bridgehead atoms. The van der Waals surface area contributed by atoms with E-state index in [1.54, 1.807) is 0 Å². The van der Waals surface area contributed by atoms with Crippen LogP contribution >= 0.6 is 0 Å². The molecule has 2 rings (SSSR count). The van der Waals surface area contributed by atoms with Crippen molar-refractivity contribution >= 4 is 5.69 Å². The highest BCUT2D eigenvalue weighted by Crippen LogP contribution is 2.38. The summed E-state index contributed by atoms with van der Waals surface area (Å²) in [5, 5.41) is 9.06. The molecule has 0 saturated carbocycles. The van der Waals surface area contributed by atoms with Crippen LogP contribution in [-0.4, -0.2) is 32.2 Å². The van der Waals surface area contributed by atoms with Gasteiger partial charge in [0.05, 0.1) is 25.0 Å². The Bertz CT molecular complexity index is 599. The van der Waals surface area contributed by atoms with E-state index in [9.17, 15) is 22.0 Å². The van der Waals surface area contributed by atoms with Crippen molar-refractivity contribution in [3.05, 3.63) is 23.8 Å². The van der Waals surface area contributed by atoms with Gasteiger partial charge in [0.1, 0.15) is 6.04 Å². The Morgan fingerprint density at radius 2 is 2.00 bits per heavy atom. The Hall–Kier alpha value is -2.08. The molecule has 0 aliphatic carbocycles. The number of alkyl halides is 3. The van der Waals surface area contributed by atoms with E-state index in [0.29, 0.717) is 0 Å². The highest BCUT2D eigenvalue weighted by atomic mass is 19.4. The molecule has 0 amide bonds. The fraction of sp³-hybridized carbons (Fsp3) is 0.462. The molecule has 22 heavy (non-hydrogen) atoms. The van der Waals surface area contributed by atoms with Crippen LogP contribution in [0.2, 0.25) is 0 Å². The minimum atomic E-state index is -4.83. The third kappa shape index (κ3) is 3.22. The van der Waals surface area contributed by atoms with Crippen LogP contribution in [0.3, 0.4) is 0 Å². The van der Waals surface area contributed by atoms with Crippen LogP contribution < -0.4 is 9.64 Å². The van der Waals surface area contributed by atoms with E-state index in [1.165, 1.54) is 4.90 Å². The maximum atomic E-state index is 13.7. The molecule has 0 N–H and O–H groups in total. The van der Waals surface area contributed by atoms with Gasteiger partial charge in [-0.25, -0.2) is 4.39 Å². The highest BCUT2D eigenvalue weighted by Gasteiger charge is 2.41. The standard InChI is InChI=1S/C13H11F5N2O2/c1-21-12-10(3-2-9(14)11(12)15)20-6-8(4-7(20)5-19)22-13(16,17)18/h2-3,7-8H,4,6H2,1H3/t7?,8-/m1/s1. The van der Waals surface area contributed by atoms with E-state index in [4.69, 9.17) is 10.00 Å². The second-order valence-electron chi connectivity index (χ2n) is 4.63. The first kappa shape index (κ1) is 16.3. The first-order valence-corrected chi connectivity index (χ1v) is 6.19. The van der Waals surface area contributed by atoms with Crippen molar-refractivity contribution in [1.82, 2.24) is 0 Å². The molecule has 0 aromatic heterocycles. The zero-order valence-electron chi connectivity index (χ0n) is 11.3. The molecule has 1 fully saturated rings. The van der Waals surface area contributed by atoms with E-state index >= 15 is 0 Å². The molecule has 2 atom stereocenters.